The number of benzene rings is 3. The summed E-state index contributed by atoms with van der Waals surface area (Å²) < 4.78 is 6.64. The molecule has 0 aromatic heterocycles. The first-order chi connectivity index (χ1) is 14.0. The Balaban J connectivity index is 1.81. The zero-order valence-corrected chi connectivity index (χ0v) is 17.2. The Morgan fingerprint density at radius 2 is 1.55 bits per heavy atom. The average molecular weight is 452 g/mol. The smallest absolute Gasteiger partial charge is 0.352 e. The summed E-state index contributed by atoms with van der Waals surface area (Å²) in [7, 11) is 1.44. The summed E-state index contributed by atoms with van der Waals surface area (Å²) in [5.74, 6) is -0.298. The molecule has 3 aromatic carbocycles. The van der Waals surface area contributed by atoms with Crippen molar-refractivity contribution < 1.29 is 19.4 Å². The first kappa shape index (κ1) is 20.4. The van der Waals surface area contributed by atoms with E-state index in [0.29, 0.717) is 22.6 Å². The number of aliphatic carboxylic acids is 1. The van der Waals surface area contributed by atoms with Crippen LogP contribution in [0.25, 0.3) is 6.08 Å². The summed E-state index contributed by atoms with van der Waals surface area (Å²) in [6.45, 7) is 0. The van der Waals surface area contributed by atoms with Crippen LogP contribution in [0.1, 0.15) is 15.9 Å². The number of nitrogens with zero attached hydrogens (tertiary/aromatic N) is 1. The number of carbonyl (C=O) groups excluding carboxylic acids is 1. The lowest BCUT2D eigenvalue weighted by Crippen LogP contribution is -2.29. The van der Waals surface area contributed by atoms with Crippen LogP contribution in [0.4, 0.5) is 0 Å². The molecule has 0 bridgehead atoms. The summed E-state index contributed by atoms with van der Waals surface area (Å²) >= 11 is 3.43. The van der Waals surface area contributed by atoms with Crippen LogP contribution in [0, 0.1) is 0 Å². The van der Waals surface area contributed by atoms with E-state index < -0.39 is 11.9 Å². The predicted octanol–water partition coefficient (Wildman–Crippen LogP) is 5.44. The van der Waals surface area contributed by atoms with Gasteiger partial charge in [0.05, 0.1) is 4.47 Å². The van der Waals surface area contributed by atoms with Crippen molar-refractivity contribution >= 4 is 33.9 Å². The van der Waals surface area contributed by atoms with E-state index in [-0.39, 0.29) is 5.70 Å². The molecule has 0 aliphatic rings. The standard InChI is InChI=1S/C23H18BrNO4/c1-25(22(26)17-7-3-2-4-8-17)20(23(27)28)15-16-11-13-18(14-12-16)29-21-10-6-5-9-19(21)24/h2-15H,1H3,(H,27,28)/b20-15-. The van der Waals surface area contributed by atoms with Crippen LogP contribution >= 0.6 is 15.9 Å². The molecule has 0 fully saturated rings. The molecule has 0 saturated carbocycles. The Morgan fingerprint density at radius 1 is 0.931 bits per heavy atom. The SMILES string of the molecule is CN(C(=O)c1ccccc1)/C(=C\c1ccc(Oc2ccccc2Br)cc1)C(=O)O. The number of carboxylic acids is 1. The van der Waals surface area contributed by atoms with Crippen LogP contribution in [0.15, 0.2) is 89.0 Å². The van der Waals surface area contributed by atoms with Crippen molar-refractivity contribution in [2.45, 2.75) is 0 Å². The number of amides is 1. The molecule has 0 spiro atoms. The summed E-state index contributed by atoms with van der Waals surface area (Å²) in [4.78, 5) is 25.4. The van der Waals surface area contributed by atoms with E-state index in [9.17, 15) is 14.7 Å². The van der Waals surface area contributed by atoms with Gasteiger partial charge in [0.2, 0.25) is 0 Å². The van der Waals surface area contributed by atoms with Gasteiger partial charge in [0, 0.05) is 12.6 Å². The number of rotatable bonds is 6. The van der Waals surface area contributed by atoms with Crippen LogP contribution in [0.5, 0.6) is 11.5 Å². The Bertz CT molecular complexity index is 1050. The van der Waals surface area contributed by atoms with Crippen LogP contribution in [-0.4, -0.2) is 28.9 Å². The van der Waals surface area contributed by atoms with Gasteiger partial charge in [0.1, 0.15) is 17.2 Å². The number of hydrogen-bond acceptors (Lipinski definition) is 3. The highest BCUT2D eigenvalue weighted by Crippen LogP contribution is 2.29. The number of para-hydroxylation sites is 1. The zero-order chi connectivity index (χ0) is 20.8. The monoisotopic (exact) mass is 451 g/mol. The molecule has 1 N–H and O–H groups in total. The number of halogens is 1. The van der Waals surface area contributed by atoms with E-state index in [4.69, 9.17) is 4.74 Å². The normalized spacial score (nSPS) is 11.0. The molecule has 0 heterocycles. The third kappa shape index (κ3) is 5.12. The van der Waals surface area contributed by atoms with Crippen molar-refractivity contribution in [1.82, 2.24) is 4.90 Å². The Labute approximate surface area is 177 Å². The second-order valence-corrected chi connectivity index (χ2v) is 7.02. The minimum Gasteiger partial charge on any atom is -0.477 e. The maximum Gasteiger partial charge on any atom is 0.352 e. The molecule has 3 aromatic rings. The van der Waals surface area contributed by atoms with Crippen molar-refractivity contribution in [2.75, 3.05) is 7.05 Å². The number of carbonyl (C=O) groups is 2. The molecule has 3 rings (SSSR count). The van der Waals surface area contributed by atoms with Crippen LogP contribution in [-0.2, 0) is 4.79 Å². The van der Waals surface area contributed by atoms with Gasteiger partial charge in [-0.25, -0.2) is 4.79 Å². The zero-order valence-electron chi connectivity index (χ0n) is 15.6. The van der Waals surface area contributed by atoms with E-state index in [0.717, 1.165) is 9.37 Å². The van der Waals surface area contributed by atoms with E-state index in [2.05, 4.69) is 15.9 Å². The van der Waals surface area contributed by atoms with Gasteiger partial charge in [-0.3, -0.25) is 4.79 Å². The average Bonchev–Trinajstić information content (AvgIpc) is 2.74. The van der Waals surface area contributed by atoms with Gasteiger partial charge < -0.3 is 14.7 Å². The van der Waals surface area contributed by atoms with E-state index in [1.807, 2.05) is 24.3 Å². The fourth-order valence-corrected chi connectivity index (χ4v) is 3.00. The summed E-state index contributed by atoms with van der Waals surface area (Å²) in [5, 5.41) is 9.59. The molecule has 0 aliphatic carbocycles. The van der Waals surface area contributed by atoms with Crippen molar-refractivity contribution in [2.24, 2.45) is 0 Å². The highest BCUT2D eigenvalue weighted by atomic mass is 79.9. The molecule has 0 aliphatic heterocycles. The molecule has 0 atom stereocenters. The van der Waals surface area contributed by atoms with Gasteiger partial charge in [0.15, 0.2) is 0 Å². The molecule has 0 unspecified atom stereocenters. The lowest BCUT2D eigenvalue weighted by molar-refractivity contribution is -0.133. The third-order valence-electron chi connectivity index (χ3n) is 4.15. The molecule has 29 heavy (non-hydrogen) atoms. The van der Waals surface area contributed by atoms with E-state index in [1.54, 1.807) is 54.6 Å². The highest BCUT2D eigenvalue weighted by Gasteiger charge is 2.20. The van der Waals surface area contributed by atoms with Crippen molar-refractivity contribution in [3.8, 4) is 11.5 Å². The van der Waals surface area contributed by atoms with Crippen molar-refractivity contribution in [3.63, 3.8) is 0 Å². The lowest BCUT2D eigenvalue weighted by Gasteiger charge is -2.18. The van der Waals surface area contributed by atoms with Gasteiger partial charge in [-0.15, -0.1) is 0 Å². The molecule has 0 radical (unpaired) electrons. The topological polar surface area (TPSA) is 66.8 Å². The first-order valence-electron chi connectivity index (χ1n) is 8.76. The largest absolute Gasteiger partial charge is 0.477 e. The second kappa shape index (κ2) is 9.21. The number of likely N-dealkylation sites (N-methyl/N-ethyl adjacent to an activating group) is 1. The van der Waals surface area contributed by atoms with Crippen molar-refractivity contribution in [3.05, 3.63) is 100 Å². The maximum atomic E-state index is 12.6. The Morgan fingerprint density at radius 3 is 2.17 bits per heavy atom. The van der Waals surface area contributed by atoms with Gasteiger partial charge in [-0.1, -0.05) is 42.5 Å². The first-order valence-corrected chi connectivity index (χ1v) is 9.55. The molecule has 0 saturated heterocycles. The van der Waals surface area contributed by atoms with Gasteiger partial charge in [0.25, 0.3) is 5.91 Å². The molecule has 1 amide bonds. The summed E-state index contributed by atoms with van der Waals surface area (Å²) in [6, 6.07) is 23.0. The Kier molecular flexibility index (Phi) is 6.46. The Hall–Kier alpha value is -3.38. The lowest BCUT2D eigenvalue weighted by atomic mass is 10.1. The van der Waals surface area contributed by atoms with Crippen LogP contribution < -0.4 is 4.74 Å². The van der Waals surface area contributed by atoms with Crippen LogP contribution in [0.3, 0.4) is 0 Å². The highest BCUT2D eigenvalue weighted by molar-refractivity contribution is 9.10. The van der Waals surface area contributed by atoms with E-state index >= 15 is 0 Å². The van der Waals surface area contributed by atoms with Gasteiger partial charge in [-0.2, -0.15) is 0 Å². The van der Waals surface area contributed by atoms with E-state index in [1.165, 1.54) is 13.1 Å². The number of ether oxygens (including phenoxy) is 1. The molecule has 5 nitrogen and oxygen atoms in total. The number of carboxylic acid groups (broad SMARTS) is 1. The fourth-order valence-electron chi connectivity index (χ4n) is 2.63. The minimum absolute atomic E-state index is 0.127. The molecule has 6 heteroatoms. The van der Waals surface area contributed by atoms with Gasteiger partial charge in [-0.05, 0) is 64.0 Å². The molecule has 146 valence electrons. The number of hydrogen-bond donors (Lipinski definition) is 1. The summed E-state index contributed by atoms with van der Waals surface area (Å²) in [6.07, 6.45) is 1.45. The molecular weight excluding hydrogens is 434 g/mol. The molecular formula is C23H18BrNO4. The predicted molar refractivity (Wildman–Crippen MR) is 115 cm³/mol. The quantitative estimate of drug-likeness (QED) is 0.506. The minimum atomic E-state index is -1.19. The fraction of sp³-hybridized carbons (Fsp3) is 0.0435. The maximum absolute atomic E-state index is 12.6. The van der Waals surface area contributed by atoms with Crippen molar-refractivity contribution in [1.29, 1.82) is 0 Å². The summed E-state index contributed by atoms with van der Waals surface area (Å²) in [5.41, 5.74) is 0.923. The second-order valence-electron chi connectivity index (χ2n) is 6.17. The van der Waals surface area contributed by atoms with Crippen LogP contribution in [0.2, 0.25) is 0 Å². The van der Waals surface area contributed by atoms with Gasteiger partial charge >= 0.3 is 5.97 Å². The third-order valence-corrected chi connectivity index (χ3v) is 4.81.